The summed E-state index contributed by atoms with van der Waals surface area (Å²) in [6.45, 7) is 4.00. The minimum Gasteiger partial charge on any atom is -0.391 e. The van der Waals surface area contributed by atoms with E-state index in [0.29, 0.717) is 24.7 Å². The highest BCUT2D eigenvalue weighted by Gasteiger charge is 2.32. The first-order chi connectivity index (χ1) is 8.58. The van der Waals surface area contributed by atoms with Crippen LogP contribution >= 0.6 is 12.2 Å². The molecule has 2 N–H and O–H groups in total. The van der Waals surface area contributed by atoms with Crippen LogP contribution in [0.3, 0.4) is 0 Å². The average molecular weight is 270 g/mol. The number of thiocarbonyl (C=S) groups is 1. The molecule has 1 saturated heterocycles. The molecule has 1 unspecified atom stereocenters. The van der Waals surface area contributed by atoms with Gasteiger partial charge in [-0.25, -0.2) is 0 Å². The van der Waals surface area contributed by atoms with Crippen LogP contribution < -0.4 is 5.73 Å². The Morgan fingerprint density at radius 3 is 2.61 bits per heavy atom. The van der Waals surface area contributed by atoms with Crippen molar-refractivity contribution in [1.29, 1.82) is 0 Å². The van der Waals surface area contributed by atoms with Crippen LogP contribution in [0.15, 0.2) is 0 Å². The Hall–Kier alpha value is -0.680. The number of rotatable bonds is 2. The highest BCUT2D eigenvalue weighted by Crippen LogP contribution is 2.29. The Bertz CT molecular complexity index is 327. The van der Waals surface area contributed by atoms with Gasteiger partial charge in [0.25, 0.3) is 0 Å². The number of nitrogens with two attached hydrogens (primary N) is 1. The Kier molecular flexibility index (Phi) is 4.56. The van der Waals surface area contributed by atoms with Gasteiger partial charge in [0.2, 0.25) is 5.91 Å². The van der Waals surface area contributed by atoms with Crippen molar-refractivity contribution in [2.24, 2.45) is 17.6 Å². The maximum Gasteiger partial charge on any atom is 0.225 e. The Morgan fingerprint density at radius 1 is 1.33 bits per heavy atom. The van der Waals surface area contributed by atoms with Crippen molar-refractivity contribution in [2.45, 2.75) is 38.7 Å². The van der Waals surface area contributed by atoms with Crippen LogP contribution in [-0.4, -0.2) is 41.6 Å². The lowest BCUT2D eigenvalue weighted by molar-refractivity contribution is -0.142. The third-order valence-electron chi connectivity index (χ3n) is 4.06. The molecule has 1 heterocycles. The summed E-state index contributed by atoms with van der Waals surface area (Å²) in [6.07, 6.45) is 4.11. The molecule has 1 atom stereocenters. The zero-order valence-electron chi connectivity index (χ0n) is 10.9. The van der Waals surface area contributed by atoms with Gasteiger partial charge in [-0.15, -0.1) is 0 Å². The predicted molar refractivity (Wildman–Crippen MR) is 74.2 cm³/mol. The highest BCUT2D eigenvalue weighted by molar-refractivity contribution is 7.80. The third-order valence-corrected chi connectivity index (χ3v) is 4.32. The fourth-order valence-electron chi connectivity index (χ4n) is 2.79. The molecule has 4 nitrogen and oxygen atoms in total. The third kappa shape index (κ3) is 3.20. The van der Waals surface area contributed by atoms with Crippen LogP contribution in [-0.2, 0) is 9.53 Å². The number of ether oxygens (including phenoxy) is 1. The van der Waals surface area contributed by atoms with E-state index in [-0.39, 0.29) is 17.9 Å². The van der Waals surface area contributed by atoms with E-state index in [0.717, 1.165) is 18.8 Å². The van der Waals surface area contributed by atoms with Gasteiger partial charge in [-0.1, -0.05) is 19.1 Å². The van der Waals surface area contributed by atoms with Crippen molar-refractivity contribution in [3.05, 3.63) is 0 Å². The quantitative estimate of drug-likeness (QED) is 0.769. The fraction of sp³-hybridized carbons (Fsp3) is 0.846. The maximum atomic E-state index is 12.4. The first kappa shape index (κ1) is 13.7. The van der Waals surface area contributed by atoms with E-state index in [1.54, 1.807) is 0 Å². The summed E-state index contributed by atoms with van der Waals surface area (Å²) in [7, 11) is 0. The molecule has 0 spiro atoms. The van der Waals surface area contributed by atoms with E-state index in [2.05, 4.69) is 6.92 Å². The van der Waals surface area contributed by atoms with Crippen LogP contribution in [0.2, 0.25) is 0 Å². The van der Waals surface area contributed by atoms with Gasteiger partial charge >= 0.3 is 0 Å². The van der Waals surface area contributed by atoms with Gasteiger partial charge in [-0.3, -0.25) is 4.79 Å². The van der Waals surface area contributed by atoms with Gasteiger partial charge in [0.15, 0.2) is 0 Å². The molecule has 1 saturated carbocycles. The van der Waals surface area contributed by atoms with Gasteiger partial charge in [-0.05, 0) is 31.6 Å². The Balaban J connectivity index is 1.90. The van der Waals surface area contributed by atoms with E-state index in [4.69, 9.17) is 22.7 Å². The molecule has 2 fully saturated rings. The van der Waals surface area contributed by atoms with Gasteiger partial charge < -0.3 is 15.4 Å². The molecule has 18 heavy (non-hydrogen) atoms. The maximum absolute atomic E-state index is 12.4. The smallest absolute Gasteiger partial charge is 0.225 e. The van der Waals surface area contributed by atoms with Crippen LogP contribution in [0.4, 0.5) is 0 Å². The molecule has 2 aliphatic rings. The highest BCUT2D eigenvalue weighted by atomic mass is 32.1. The monoisotopic (exact) mass is 270 g/mol. The normalized spacial score (nSPS) is 33.2. The summed E-state index contributed by atoms with van der Waals surface area (Å²) < 4.78 is 5.46. The lowest BCUT2D eigenvalue weighted by Gasteiger charge is -2.36. The second kappa shape index (κ2) is 5.97. The minimum absolute atomic E-state index is 0.200. The Morgan fingerprint density at radius 2 is 2.00 bits per heavy atom. The molecule has 0 aromatic heterocycles. The fourth-order valence-corrected chi connectivity index (χ4v) is 2.93. The number of morpholine rings is 1. The summed E-state index contributed by atoms with van der Waals surface area (Å²) in [5.74, 6) is 1.24. The SMILES string of the molecule is CC1CCC(C(=O)N2CCOC(C(N)=S)C2)CC1. The molecule has 2 rings (SSSR count). The molecule has 0 aromatic carbocycles. The topological polar surface area (TPSA) is 55.6 Å². The van der Waals surface area contributed by atoms with Crippen molar-refractivity contribution < 1.29 is 9.53 Å². The summed E-state index contributed by atoms with van der Waals surface area (Å²) in [5, 5.41) is 0. The molecular formula is C13H22N2O2S. The van der Waals surface area contributed by atoms with Crippen molar-refractivity contribution in [3.63, 3.8) is 0 Å². The summed E-state index contributed by atoms with van der Waals surface area (Å²) in [4.78, 5) is 14.6. The van der Waals surface area contributed by atoms with Gasteiger partial charge in [0.1, 0.15) is 11.1 Å². The molecule has 1 aliphatic heterocycles. The molecule has 5 heteroatoms. The second-order valence-electron chi connectivity index (χ2n) is 5.50. The van der Waals surface area contributed by atoms with Crippen LogP contribution in [0.1, 0.15) is 32.6 Å². The van der Waals surface area contributed by atoms with Gasteiger partial charge in [0, 0.05) is 12.5 Å². The second-order valence-corrected chi connectivity index (χ2v) is 5.97. The lowest BCUT2D eigenvalue weighted by atomic mass is 9.82. The van der Waals surface area contributed by atoms with Crippen LogP contribution in [0.25, 0.3) is 0 Å². The van der Waals surface area contributed by atoms with Crippen LogP contribution in [0, 0.1) is 11.8 Å². The van der Waals surface area contributed by atoms with Crippen molar-refractivity contribution >= 4 is 23.1 Å². The summed E-state index contributed by atoms with van der Waals surface area (Å²) in [6, 6.07) is 0. The van der Waals surface area contributed by atoms with E-state index in [1.807, 2.05) is 4.90 Å². The molecular weight excluding hydrogens is 248 g/mol. The number of hydrogen-bond donors (Lipinski definition) is 1. The first-order valence-electron chi connectivity index (χ1n) is 6.77. The van der Waals surface area contributed by atoms with E-state index < -0.39 is 0 Å². The number of carbonyl (C=O) groups excluding carboxylic acids is 1. The van der Waals surface area contributed by atoms with Gasteiger partial charge in [0.05, 0.1) is 13.2 Å². The number of hydrogen-bond acceptors (Lipinski definition) is 3. The first-order valence-corrected chi connectivity index (χ1v) is 7.18. The molecule has 1 amide bonds. The molecule has 102 valence electrons. The number of nitrogens with zero attached hydrogens (tertiary/aromatic N) is 1. The van der Waals surface area contributed by atoms with E-state index in [1.165, 1.54) is 12.8 Å². The van der Waals surface area contributed by atoms with E-state index in [9.17, 15) is 4.79 Å². The average Bonchev–Trinajstić information content (AvgIpc) is 2.39. The minimum atomic E-state index is -0.264. The summed E-state index contributed by atoms with van der Waals surface area (Å²) in [5.41, 5.74) is 5.59. The zero-order valence-corrected chi connectivity index (χ0v) is 11.7. The predicted octanol–water partition coefficient (Wildman–Crippen LogP) is 1.33. The summed E-state index contributed by atoms with van der Waals surface area (Å²) >= 11 is 4.94. The van der Waals surface area contributed by atoms with Crippen molar-refractivity contribution in [3.8, 4) is 0 Å². The van der Waals surface area contributed by atoms with Gasteiger partial charge in [-0.2, -0.15) is 0 Å². The molecule has 0 bridgehead atoms. The lowest BCUT2D eigenvalue weighted by Crippen LogP contribution is -2.51. The number of carbonyl (C=O) groups is 1. The van der Waals surface area contributed by atoms with Crippen molar-refractivity contribution in [2.75, 3.05) is 19.7 Å². The largest absolute Gasteiger partial charge is 0.391 e. The van der Waals surface area contributed by atoms with E-state index >= 15 is 0 Å². The molecule has 0 aromatic rings. The van der Waals surface area contributed by atoms with Crippen LogP contribution in [0.5, 0.6) is 0 Å². The molecule has 1 aliphatic carbocycles. The van der Waals surface area contributed by atoms with Crippen molar-refractivity contribution in [1.82, 2.24) is 4.90 Å². The Labute approximate surface area is 114 Å². The zero-order chi connectivity index (χ0) is 13.1. The molecule has 0 radical (unpaired) electrons. The standard InChI is InChI=1S/C13H22N2O2S/c1-9-2-4-10(5-3-9)13(16)15-6-7-17-11(8-15)12(14)18/h9-11H,2-8H2,1H3,(H2,14,18). The number of amides is 1.